The second-order valence-corrected chi connectivity index (χ2v) is 8.79. The van der Waals surface area contributed by atoms with E-state index in [1.54, 1.807) is 12.3 Å². The normalized spacial score (nSPS) is 22.8. The molecule has 6 rings (SSSR count). The van der Waals surface area contributed by atoms with Gasteiger partial charge in [-0.15, -0.1) is 0 Å². The number of rotatable bonds is 3. The van der Waals surface area contributed by atoms with Crippen LogP contribution in [0.2, 0.25) is 0 Å². The van der Waals surface area contributed by atoms with E-state index in [1.165, 1.54) is 12.3 Å². The molecule has 1 aromatic carbocycles. The molecule has 2 atom stereocenters. The Morgan fingerprint density at radius 1 is 0.938 bits per heavy atom. The lowest BCUT2D eigenvalue weighted by molar-refractivity contribution is 0.0293. The van der Waals surface area contributed by atoms with E-state index in [4.69, 9.17) is 4.74 Å². The number of nitrogens with zero attached hydrogens (tertiary/aromatic N) is 5. The topological polar surface area (TPSA) is 61.8 Å². The molecular weight excluding hydrogens is 409 g/mol. The molecule has 5 heterocycles. The number of hydrogen-bond donors (Lipinski definition) is 0. The van der Waals surface area contributed by atoms with Crippen molar-refractivity contribution in [2.45, 2.75) is 31.0 Å². The molecule has 0 spiro atoms. The molecule has 2 amide bonds. The molecule has 3 aliphatic rings. The third kappa shape index (κ3) is 3.30. The summed E-state index contributed by atoms with van der Waals surface area (Å²) in [6.07, 6.45) is 5.07. The first-order valence-electron chi connectivity index (χ1n) is 11.1. The van der Waals surface area contributed by atoms with Gasteiger partial charge in [-0.2, -0.15) is 0 Å². The average Bonchev–Trinajstić information content (AvgIpc) is 3.05. The smallest absolute Gasteiger partial charge is 0.320 e. The first-order chi connectivity index (χ1) is 15.7. The number of urea groups is 1. The summed E-state index contributed by atoms with van der Waals surface area (Å²) in [5, 5.41) is 0.988. The van der Waals surface area contributed by atoms with Gasteiger partial charge in [0.05, 0.1) is 24.8 Å². The molecule has 3 fully saturated rings. The lowest BCUT2D eigenvalue weighted by Gasteiger charge is -2.46. The highest BCUT2D eigenvalue weighted by atomic mass is 19.1. The summed E-state index contributed by atoms with van der Waals surface area (Å²) in [5.74, 6) is 1.28. The van der Waals surface area contributed by atoms with Gasteiger partial charge in [0, 0.05) is 36.8 Å². The summed E-state index contributed by atoms with van der Waals surface area (Å²) in [4.78, 5) is 27.8. The van der Waals surface area contributed by atoms with Crippen LogP contribution in [0.1, 0.15) is 12.8 Å². The number of ether oxygens (including phenoxy) is 1. The third-order valence-electron chi connectivity index (χ3n) is 6.75. The fraction of sp³-hybridized carbons (Fsp3) is 0.375. The van der Waals surface area contributed by atoms with Gasteiger partial charge in [0.2, 0.25) is 0 Å². The van der Waals surface area contributed by atoms with Crippen molar-refractivity contribution >= 4 is 22.8 Å². The number of benzene rings is 1. The second-order valence-electron chi connectivity index (χ2n) is 8.79. The maximum atomic E-state index is 13.3. The van der Waals surface area contributed by atoms with E-state index in [1.807, 2.05) is 40.1 Å². The number of anilines is 1. The summed E-state index contributed by atoms with van der Waals surface area (Å²) in [5.41, 5.74) is 0.904. The SMILES string of the molecule is O=C(N1CC(Oc2cccc3ncccc23)C1)N1C[C@H]2CC[C@@H](C1)N2c1ccc(F)cn1. The highest BCUT2D eigenvalue weighted by molar-refractivity contribution is 5.84. The quantitative estimate of drug-likeness (QED) is 0.634. The minimum absolute atomic E-state index is 0.00816. The predicted octanol–water partition coefficient (Wildman–Crippen LogP) is 3.31. The summed E-state index contributed by atoms with van der Waals surface area (Å²) in [6.45, 7) is 2.52. The minimum atomic E-state index is -0.329. The number of likely N-dealkylation sites (tertiary alicyclic amines) is 2. The van der Waals surface area contributed by atoms with Gasteiger partial charge in [0.1, 0.15) is 23.5 Å². The van der Waals surface area contributed by atoms with E-state index >= 15 is 0 Å². The molecule has 0 aliphatic carbocycles. The van der Waals surface area contributed by atoms with Crippen molar-refractivity contribution in [2.75, 3.05) is 31.1 Å². The summed E-state index contributed by atoms with van der Waals surface area (Å²) >= 11 is 0. The monoisotopic (exact) mass is 433 g/mol. The molecule has 8 heteroatoms. The average molecular weight is 433 g/mol. The Balaban J connectivity index is 1.08. The van der Waals surface area contributed by atoms with Crippen LogP contribution in [0.3, 0.4) is 0 Å². The second kappa shape index (κ2) is 7.62. The van der Waals surface area contributed by atoms with Crippen LogP contribution in [-0.2, 0) is 0 Å². The zero-order chi connectivity index (χ0) is 21.7. The maximum Gasteiger partial charge on any atom is 0.320 e. The Kier molecular flexibility index (Phi) is 4.59. The molecule has 0 saturated carbocycles. The number of carbonyl (C=O) groups excluding carboxylic acids is 1. The Morgan fingerprint density at radius 2 is 1.72 bits per heavy atom. The predicted molar refractivity (Wildman–Crippen MR) is 118 cm³/mol. The number of fused-ring (bicyclic) bond motifs is 3. The molecule has 2 bridgehead atoms. The third-order valence-corrected chi connectivity index (χ3v) is 6.75. The van der Waals surface area contributed by atoms with Crippen LogP contribution in [0.25, 0.3) is 10.9 Å². The Labute approximate surface area is 185 Å². The van der Waals surface area contributed by atoms with Crippen molar-refractivity contribution in [2.24, 2.45) is 0 Å². The molecule has 7 nitrogen and oxygen atoms in total. The number of hydrogen-bond acceptors (Lipinski definition) is 5. The first-order valence-corrected chi connectivity index (χ1v) is 11.1. The molecular formula is C24H24FN5O2. The van der Waals surface area contributed by atoms with Gasteiger partial charge < -0.3 is 19.4 Å². The van der Waals surface area contributed by atoms with E-state index in [0.29, 0.717) is 26.2 Å². The van der Waals surface area contributed by atoms with Gasteiger partial charge in [-0.05, 0) is 49.2 Å². The van der Waals surface area contributed by atoms with E-state index in [0.717, 1.165) is 35.3 Å². The van der Waals surface area contributed by atoms with Crippen molar-refractivity contribution in [1.29, 1.82) is 0 Å². The number of halogens is 1. The number of amides is 2. The summed E-state index contributed by atoms with van der Waals surface area (Å²) < 4.78 is 19.4. The molecule has 0 unspecified atom stereocenters. The van der Waals surface area contributed by atoms with Crippen LogP contribution in [0.4, 0.5) is 15.0 Å². The molecule has 2 aromatic heterocycles. The van der Waals surface area contributed by atoms with Crippen molar-refractivity contribution in [3.05, 3.63) is 60.7 Å². The van der Waals surface area contributed by atoms with Crippen molar-refractivity contribution in [1.82, 2.24) is 19.8 Å². The van der Waals surface area contributed by atoms with Gasteiger partial charge >= 0.3 is 6.03 Å². The summed E-state index contributed by atoms with van der Waals surface area (Å²) in [6, 6.07) is 13.5. The fourth-order valence-corrected chi connectivity index (χ4v) is 5.18. The van der Waals surface area contributed by atoms with Gasteiger partial charge in [-0.1, -0.05) is 6.07 Å². The molecule has 0 radical (unpaired) electrons. The van der Waals surface area contributed by atoms with Crippen LogP contribution in [0.5, 0.6) is 5.75 Å². The zero-order valence-corrected chi connectivity index (χ0v) is 17.6. The molecule has 32 heavy (non-hydrogen) atoms. The number of piperazine rings is 1. The summed E-state index contributed by atoms with van der Waals surface area (Å²) in [7, 11) is 0. The molecule has 164 valence electrons. The fourth-order valence-electron chi connectivity index (χ4n) is 5.18. The highest BCUT2D eigenvalue weighted by Crippen LogP contribution is 2.35. The Morgan fingerprint density at radius 3 is 2.47 bits per heavy atom. The standard InChI is InChI=1S/C24H24FN5O2/c25-16-6-9-23(27-11-16)30-17-7-8-18(30)13-28(12-17)24(31)29-14-19(15-29)32-22-5-1-4-21-20(22)3-2-10-26-21/h1-6,9-11,17-19H,7-8,12-15H2/t17-,18+. The largest absolute Gasteiger partial charge is 0.486 e. The van der Waals surface area contributed by atoms with Gasteiger partial charge in [0.25, 0.3) is 0 Å². The van der Waals surface area contributed by atoms with Gasteiger partial charge in [-0.3, -0.25) is 4.98 Å². The van der Waals surface area contributed by atoms with Gasteiger partial charge in [-0.25, -0.2) is 14.2 Å². The van der Waals surface area contributed by atoms with Crippen molar-refractivity contribution in [3.8, 4) is 5.75 Å². The lowest BCUT2D eigenvalue weighted by Crippen LogP contribution is -2.63. The Bertz CT molecular complexity index is 1130. The van der Waals surface area contributed by atoms with Crippen LogP contribution < -0.4 is 9.64 Å². The van der Waals surface area contributed by atoms with Crippen LogP contribution >= 0.6 is 0 Å². The van der Waals surface area contributed by atoms with E-state index in [-0.39, 0.29) is 30.0 Å². The van der Waals surface area contributed by atoms with Crippen LogP contribution in [0.15, 0.2) is 54.9 Å². The van der Waals surface area contributed by atoms with Crippen molar-refractivity contribution in [3.63, 3.8) is 0 Å². The Hall–Kier alpha value is -3.42. The van der Waals surface area contributed by atoms with Crippen molar-refractivity contribution < 1.29 is 13.9 Å². The number of carbonyl (C=O) groups is 1. The van der Waals surface area contributed by atoms with E-state index in [2.05, 4.69) is 14.9 Å². The molecule has 3 saturated heterocycles. The molecule has 3 aromatic rings. The minimum Gasteiger partial charge on any atom is -0.486 e. The maximum absolute atomic E-state index is 13.3. The molecule has 0 N–H and O–H groups in total. The van der Waals surface area contributed by atoms with E-state index < -0.39 is 0 Å². The van der Waals surface area contributed by atoms with Crippen LogP contribution in [0, 0.1) is 5.82 Å². The number of pyridine rings is 2. The highest BCUT2D eigenvalue weighted by Gasteiger charge is 2.44. The van der Waals surface area contributed by atoms with Gasteiger partial charge in [0.15, 0.2) is 0 Å². The van der Waals surface area contributed by atoms with Crippen LogP contribution in [-0.4, -0.2) is 70.2 Å². The molecule has 3 aliphatic heterocycles. The number of aromatic nitrogens is 2. The zero-order valence-electron chi connectivity index (χ0n) is 17.6. The lowest BCUT2D eigenvalue weighted by atomic mass is 10.1. The first kappa shape index (κ1) is 19.3. The van der Waals surface area contributed by atoms with E-state index in [9.17, 15) is 9.18 Å².